The topological polar surface area (TPSA) is 132 Å². The van der Waals surface area contributed by atoms with Crippen molar-refractivity contribution in [2.24, 2.45) is 10.2 Å². The van der Waals surface area contributed by atoms with Gasteiger partial charge in [0.05, 0.1) is 13.1 Å². The Morgan fingerprint density at radius 2 is 1.95 bits per heavy atom. The van der Waals surface area contributed by atoms with E-state index in [-0.39, 0.29) is 6.54 Å². The number of nitrogens with zero attached hydrogens (tertiary/aromatic N) is 2. The van der Waals surface area contributed by atoms with Crippen LogP contribution in [-0.2, 0) is 4.79 Å². The summed E-state index contributed by atoms with van der Waals surface area (Å²) >= 11 is 0. The Labute approximate surface area is 107 Å². The Morgan fingerprint density at radius 1 is 1.26 bits per heavy atom. The number of nitrogens with one attached hydrogen (secondary N) is 3. The highest BCUT2D eigenvalue weighted by Crippen LogP contribution is 2.15. The summed E-state index contributed by atoms with van der Waals surface area (Å²) < 4.78 is 0. The van der Waals surface area contributed by atoms with Gasteiger partial charge in [0.25, 0.3) is 5.56 Å². The molecule has 0 saturated carbocycles. The number of azo groups is 1. The maximum absolute atomic E-state index is 11.5. The minimum absolute atomic E-state index is 0.214. The number of aromatic hydroxyl groups is 1. The zero-order valence-electron chi connectivity index (χ0n) is 10.1. The Morgan fingerprint density at radius 3 is 2.58 bits per heavy atom. The van der Waals surface area contributed by atoms with E-state index in [4.69, 9.17) is 0 Å². The van der Waals surface area contributed by atoms with Crippen molar-refractivity contribution in [1.29, 1.82) is 0 Å². The molecule has 2 rings (SSSR count). The van der Waals surface area contributed by atoms with Crippen LogP contribution in [0.15, 0.2) is 19.8 Å². The maximum atomic E-state index is 11.5. The van der Waals surface area contributed by atoms with Gasteiger partial charge in [-0.3, -0.25) is 19.6 Å². The Bertz CT molecular complexity index is 611. The number of aromatic nitrogens is 2. The third-order valence-electron chi connectivity index (χ3n) is 2.87. The van der Waals surface area contributed by atoms with Crippen molar-refractivity contribution in [1.82, 2.24) is 9.97 Å². The number of amides is 1. The maximum Gasteiger partial charge on any atom is 0.328 e. The van der Waals surface area contributed by atoms with Crippen LogP contribution in [0.25, 0.3) is 0 Å². The lowest BCUT2D eigenvalue weighted by molar-refractivity contribution is -0.878. The fourth-order valence-electron chi connectivity index (χ4n) is 1.97. The highest BCUT2D eigenvalue weighted by atomic mass is 16.3. The van der Waals surface area contributed by atoms with E-state index in [0.717, 1.165) is 30.8 Å². The number of hydrogen-bond acceptors (Lipinski definition) is 5. The molecule has 1 fully saturated rings. The number of carbonyl (C=O) groups excluding carboxylic acids is 1. The lowest BCUT2D eigenvalue weighted by Gasteiger charge is -2.07. The molecule has 4 N–H and O–H groups in total. The second-order valence-electron chi connectivity index (χ2n) is 4.33. The number of rotatable bonds is 3. The van der Waals surface area contributed by atoms with Gasteiger partial charge in [-0.1, -0.05) is 0 Å². The molecule has 0 atom stereocenters. The highest BCUT2D eigenvalue weighted by Gasteiger charge is 2.18. The molecule has 0 spiro atoms. The predicted octanol–water partition coefficient (Wildman–Crippen LogP) is -1.94. The van der Waals surface area contributed by atoms with Crippen molar-refractivity contribution in [2.45, 2.75) is 12.8 Å². The van der Waals surface area contributed by atoms with E-state index in [0.29, 0.717) is 0 Å². The first-order chi connectivity index (χ1) is 9.06. The second-order valence-corrected chi connectivity index (χ2v) is 4.33. The Hall–Kier alpha value is -2.29. The quantitative estimate of drug-likeness (QED) is 0.474. The van der Waals surface area contributed by atoms with Crippen molar-refractivity contribution < 1.29 is 14.8 Å². The van der Waals surface area contributed by atoms with Crippen molar-refractivity contribution in [2.75, 3.05) is 19.6 Å². The van der Waals surface area contributed by atoms with Gasteiger partial charge in [0, 0.05) is 12.8 Å². The molecular formula is C10H14N5O4+. The van der Waals surface area contributed by atoms with Gasteiger partial charge >= 0.3 is 11.6 Å². The third-order valence-corrected chi connectivity index (χ3v) is 2.87. The zero-order chi connectivity index (χ0) is 13.8. The summed E-state index contributed by atoms with van der Waals surface area (Å²) in [5.41, 5.74) is -2.23. The molecule has 1 amide bonds. The number of H-pyrrole nitrogens is 2. The highest BCUT2D eigenvalue weighted by molar-refractivity contribution is 5.77. The summed E-state index contributed by atoms with van der Waals surface area (Å²) in [4.78, 5) is 38.6. The molecule has 0 aliphatic carbocycles. The molecule has 1 aliphatic heterocycles. The number of likely N-dealkylation sites (tertiary alicyclic amines) is 1. The van der Waals surface area contributed by atoms with Gasteiger partial charge < -0.3 is 10.0 Å². The first-order valence-corrected chi connectivity index (χ1v) is 5.90. The molecule has 0 radical (unpaired) electrons. The second kappa shape index (κ2) is 5.57. The molecule has 1 aliphatic rings. The van der Waals surface area contributed by atoms with Gasteiger partial charge in [0.1, 0.15) is 0 Å². The van der Waals surface area contributed by atoms with Crippen LogP contribution in [0, 0.1) is 0 Å². The van der Waals surface area contributed by atoms with E-state index in [1.165, 1.54) is 0 Å². The van der Waals surface area contributed by atoms with E-state index in [1.807, 2.05) is 9.97 Å². The third kappa shape index (κ3) is 3.35. The van der Waals surface area contributed by atoms with Gasteiger partial charge in [-0.15, -0.1) is 10.2 Å². The number of carbonyl (C=O) groups is 1. The van der Waals surface area contributed by atoms with E-state index < -0.39 is 28.7 Å². The monoisotopic (exact) mass is 268 g/mol. The van der Waals surface area contributed by atoms with Crippen molar-refractivity contribution >= 4 is 11.6 Å². The van der Waals surface area contributed by atoms with Crippen LogP contribution in [0.2, 0.25) is 0 Å². The molecule has 102 valence electrons. The molecule has 1 saturated heterocycles. The van der Waals surface area contributed by atoms with Crippen LogP contribution in [0.3, 0.4) is 0 Å². The van der Waals surface area contributed by atoms with Crippen molar-refractivity contribution in [3.8, 4) is 5.88 Å². The molecule has 2 heterocycles. The summed E-state index contributed by atoms with van der Waals surface area (Å²) in [6.07, 6.45) is 2.17. The average molecular weight is 268 g/mol. The van der Waals surface area contributed by atoms with Crippen LogP contribution in [0.4, 0.5) is 5.69 Å². The SMILES string of the molecule is O=C(C[NH+]1CCCC1)N=Nc1c(O)[nH]c(=O)[nH]c1=O. The summed E-state index contributed by atoms with van der Waals surface area (Å²) in [6, 6.07) is 0. The zero-order valence-corrected chi connectivity index (χ0v) is 10.1. The van der Waals surface area contributed by atoms with Crippen molar-refractivity contribution in [3.63, 3.8) is 0 Å². The van der Waals surface area contributed by atoms with Gasteiger partial charge in [-0.2, -0.15) is 0 Å². The minimum Gasteiger partial charge on any atom is -0.493 e. The number of aromatic amines is 2. The molecule has 1 aromatic heterocycles. The summed E-state index contributed by atoms with van der Waals surface area (Å²) in [5, 5.41) is 16.1. The summed E-state index contributed by atoms with van der Waals surface area (Å²) in [6.45, 7) is 2.06. The molecule has 1 aromatic rings. The fraction of sp³-hybridized carbons (Fsp3) is 0.500. The van der Waals surface area contributed by atoms with Crippen LogP contribution < -0.4 is 16.1 Å². The molecule has 9 heteroatoms. The Kier molecular flexibility index (Phi) is 3.85. The molecule has 0 bridgehead atoms. The van der Waals surface area contributed by atoms with E-state index in [1.54, 1.807) is 0 Å². The van der Waals surface area contributed by atoms with Crippen LogP contribution in [-0.4, -0.2) is 40.6 Å². The lowest BCUT2D eigenvalue weighted by Crippen LogP contribution is -3.10. The number of hydrogen-bond donors (Lipinski definition) is 4. The van der Waals surface area contributed by atoms with Gasteiger partial charge in [-0.05, 0) is 0 Å². The van der Waals surface area contributed by atoms with Crippen LogP contribution >= 0.6 is 0 Å². The van der Waals surface area contributed by atoms with Gasteiger partial charge in [-0.25, -0.2) is 4.79 Å². The van der Waals surface area contributed by atoms with Crippen LogP contribution in [0.1, 0.15) is 12.8 Å². The molecule has 19 heavy (non-hydrogen) atoms. The standard InChI is InChI=1S/C10H13N5O4/c16-6(5-15-3-1-2-4-15)13-14-7-8(17)11-10(19)12-9(7)18/h1-5H2,(H3,11,12,17,18,19)/p+1. The average Bonchev–Trinajstić information content (AvgIpc) is 2.80. The molecule has 0 aromatic carbocycles. The van der Waals surface area contributed by atoms with Crippen molar-refractivity contribution in [3.05, 3.63) is 20.8 Å². The number of quaternary nitrogens is 1. The largest absolute Gasteiger partial charge is 0.493 e. The van der Waals surface area contributed by atoms with Crippen LogP contribution in [0.5, 0.6) is 5.88 Å². The molecule has 0 unspecified atom stereocenters. The summed E-state index contributed by atoms with van der Waals surface area (Å²) in [7, 11) is 0. The van der Waals surface area contributed by atoms with Gasteiger partial charge in [0.2, 0.25) is 11.6 Å². The minimum atomic E-state index is -0.897. The first-order valence-electron chi connectivity index (χ1n) is 5.90. The predicted molar refractivity (Wildman–Crippen MR) is 63.7 cm³/mol. The van der Waals surface area contributed by atoms with E-state index in [9.17, 15) is 19.5 Å². The fourth-order valence-corrected chi connectivity index (χ4v) is 1.97. The van der Waals surface area contributed by atoms with E-state index in [2.05, 4.69) is 10.2 Å². The van der Waals surface area contributed by atoms with E-state index >= 15 is 0 Å². The smallest absolute Gasteiger partial charge is 0.328 e. The Balaban J connectivity index is 2.08. The molecule has 9 nitrogen and oxygen atoms in total. The first kappa shape index (κ1) is 13.1. The summed E-state index contributed by atoms with van der Waals surface area (Å²) in [5.74, 6) is -1.18. The van der Waals surface area contributed by atoms with Gasteiger partial charge in [0.15, 0.2) is 6.54 Å². The molecular weight excluding hydrogens is 254 g/mol. The lowest BCUT2D eigenvalue weighted by atomic mass is 10.4. The normalized spacial score (nSPS) is 16.2.